The first-order valence-electron chi connectivity index (χ1n) is 11.1. The molecule has 0 saturated carbocycles. The fourth-order valence-electron chi connectivity index (χ4n) is 3.85. The molecule has 1 saturated heterocycles. The molecule has 0 aromatic carbocycles. The summed E-state index contributed by atoms with van der Waals surface area (Å²) in [4.78, 5) is 27.1. The Kier molecular flexibility index (Phi) is 8.46. The van der Waals surface area contributed by atoms with Crippen LogP contribution in [0.1, 0.15) is 31.4 Å². The minimum Gasteiger partial charge on any atom is -0.465 e. The summed E-state index contributed by atoms with van der Waals surface area (Å²) in [5.74, 6) is 1.14. The van der Waals surface area contributed by atoms with Crippen molar-refractivity contribution in [2.75, 3.05) is 45.9 Å². The summed E-state index contributed by atoms with van der Waals surface area (Å²) in [5, 5.41) is 2.87. The molecule has 0 unspecified atom stereocenters. The lowest BCUT2D eigenvalue weighted by molar-refractivity contribution is -0.122. The molecule has 0 aliphatic carbocycles. The van der Waals surface area contributed by atoms with Crippen molar-refractivity contribution in [1.82, 2.24) is 19.1 Å². The van der Waals surface area contributed by atoms with Crippen LogP contribution in [0.5, 0.6) is 0 Å². The third-order valence-electron chi connectivity index (χ3n) is 5.68. The molecule has 1 amide bonds. The Hall–Kier alpha value is -2.47. The van der Waals surface area contributed by atoms with Gasteiger partial charge in [0.15, 0.2) is 0 Å². The molecule has 1 N–H and O–H groups in total. The summed E-state index contributed by atoms with van der Waals surface area (Å²) in [6.45, 7) is 8.62. The molecule has 0 bridgehead atoms. The van der Waals surface area contributed by atoms with Crippen molar-refractivity contribution >= 4 is 15.9 Å². The molecule has 2 aromatic rings. The molecule has 3 rings (SSSR count). The largest absolute Gasteiger partial charge is 0.465 e. The van der Waals surface area contributed by atoms with Gasteiger partial charge in [-0.2, -0.15) is 4.31 Å². The van der Waals surface area contributed by atoms with Crippen LogP contribution < -0.4 is 10.9 Å². The van der Waals surface area contributed by atoms with E-state index in [1.54, 1.807) is 13.8 Å². The molecule has 1 aliphatic rings. The molecule has 33 heavy (non-hydrogen) atoms. The summed E-state index contributed by atoms with van der Waals surface area (Å²) >= 11 is 0. The number of sulfonamides is 1. The van der Waals surface area contributed by atoms with E-state index in [9.17, 15) is 18.0 Å². The van der Waals surface area contributed by atoms with Gasteiger partial charge < -0.3 is 19.0 Å². The van der Waals surface area contributed by atoms with Gasteiger partial charge in [0.25, 0.3) is 5.56 Å². The van der Waals surface area contributed by atoms with Gasteiger partial charge in [0.1, 0.15) is 18.1 Å². The lowest BCUT2D eigenvalue weighted by Crippen LogP contribution is -2.44. The Morgan fingerprint density at radius 1 is 1.15 bits per heavy atom. The quantitative estimate of drug-likeness (QED) is 0.539. The lowest BCUT2D eigenvalue weighted by atomic mass is 10.1. The van der Waals surface area contributed by atoms with E-state index in [1.807, 2.05) is 19.1 Å². The van der Waals surface area contributed by atoms with Crippen LogP contribution in [-0.2, 0) is 26.1 Å². The molecule has 10 nitrogen and oxygen atoms in total. The van der Waals surface area contributed by atoms with Crippen molar-refractivity contribution in [2.45, 2.75) is 38.3 Å². The average molecular weight is 481 g/mol. The van der Waals surface area contributed by atoms with Crippen molar-refractivity contribution in [2.24, 2.45) is 0 Å². The highest BCUT2D eigenvalue weighted by atomic mass is 32.2. The van der Waals surface area contributed by atoms with Crippen LogP contribution in [0.4, 0.5) is 0 Å². The summed E-state index contributed by atoms with van der Waals surface area (Å²) < 4.78 is 39.2. The second-order valence-electron chi connectivity index (χ2n) is 7.84. The Morgan fingerprint density at radius 2 is 1.85 bits per heavy atom. The zero-order valence-electron chi connectivity index (χ0n) is 19.3. The SMILES string of the molecule is CCN(CC)S(=O)(=O)c1ccc(=O)n(CC(=O)NC[C@@H](c2ccc(C)o2)N2CCOCC2)c1. The van der Waals surface area contributed by atoms with Crippen LogP contribution in [0.2, 0.25) is 0 Å². The fourth-order valence-corrected chi connectivity index (χ4v) is 5.33. The van der Waals surface area contributed by atoms with Crippen molar-refractivity contribution in [3.05, 3.63) is 52.3 Å². The minimum atomic E-state index is -3.74. The van der Waals surface area contributed by atoms with Crippen molar-refractivity contribution in [1.29, 1.82) is 0 Å². The molecule has 0 spiro atoms. The Labute approximate surface area is 194 Å². The number of morpholine rings is 1. The van der Waals surface area contributed by atoms with Gasteiger partial charge in [-0.3, -0.25) is 14.5 Å². The van der Waals surface area contributed by atoms with Gasteiger partial charge in [0, 0.05) is 45.0 Å². The molecule has 1 fully saturated rings. The molecule has 2 aromatic heterocycles. The predicted molar refractivity (Wildman–Crippen MR) is 122 cm³/mol. The second-order valence-corrected chi connectivity index (χ2v) is 9.77. The average Bonchev–Trinajstić information content (AvgIpc) is 3.22. The van der Waals surface area contributed by atoms with Crippen LogP contribution in [-0.4, -0.2) is 74.0 Å². The van der Waals surface area contributed by atoms with E-state index < -0.39 is 21.5 Å². The molecule has 3 heterocycles. The van der Waals surface area contributed by atoms with Crippen molar-refractivity contribution < 1.29 is 22.4 Å². The van der Waals surface area contributed by atoms with Gasteiger partial charge in [-0.05, 0) is 25.1 Å². The molecule has 11 heteroatoms. The van der Waals surface area contributed by atoms with E-state index >= 15 is 0 Å². The number of amides is 1. The summed E-state index contributed by atoms with van der Waals surface area (Å²) in [7, 11) is -3.74. The third-order valence-corrected chi connectivity index (χ3v) is 7.72. The molecule has 182 valence electrons. The van der Waals surface area contributed by atoms with E-state index in [0.717, 1.165) is 16.1 Å². The van der Waals surface area contributed by atoms with Crippen LogP contribution in [0.15, 0.2) is 44.6 Å². The molecular weight excluding hydrogens is 448 g/mol. The number of nitrogens with zero attached hydrogens (tertiary/aromatic N) is 3. The van der Waals surface area contributed by atoms with Gasteiger partial charge in [-0.15, -0.1) is 0 Å². The number of aromatic nitrogens is 1. The van der Waals surface area contributed by atoms with E-state index in [-0.39, 0.29) is 24.0 Å². The Balaban J connectivity index is 1.72. The Bertz CT molecular complexity index is 1100. The zero-order chi connectivity index (χ0) is 24.0. The molecular formula is C22H32N4O6S. The molecule has 1 atom stereocenters. The van der Waals surface area contributed by atoms with Crippen LogP contribution in [0.3, 0.4) is 0 Å². The lowest BCUT2D eigenvalue weighted by Gasteiger charge is -2.33. The number of aryl methyl sites for hydroxylation is 1. The van der Waals surface area contributed by atoms with E-state index in [1.165, 1.54) is 22.6 Å². The predicted octanol–water partition coefficient (Wildman–Crippen LogP) is 0.970. The zero-order valence-corrected chi connectivity index (χ0v) is 20.1. The van der Waals surface area contributed by atoms with Crippen molar-refractivity contribution in [3.8, 4) is 0 Å². The minimum absolute atomic E-state index is 0.0177. The maximum atomic E-state index is 12.8. The number of ether oxygens (including phenoxy) is 1. The number of carbonyl (C=O) groups excluding carboxylic acids is 1. The first-order chi connectivity index (χ1) is 15.8. The van der Waals surface area contributed by atoms with Gasteiger partial charge in [-0.25, -0.2) is 8.42 Å². The van der Waals surface area contributed by atoms with Gasteiger partial charge in [-0.1, -0.05) is 13.8 Å². The number of nitrogens with one attached hydrogen (secondary N) is 1. The number of hydrogen-bond acceptors (Lipinski definition) is 7. The molecule has 0 radical (unpaired) electrons. The first-order valence-corrected chi connectivity index (χ1v) is 12.6. The van der Waals surface area contributed by atoms with E-state index in [0.29, 0.717) is 39.4 Å². The highest BCUT2D eigenvalue weighted by Crippen LogP contribution is 2.23. The van der Waals surface area contributed by atoms with Crippen LogP contribution >= 0.6 is 0 Å². The third kappa shape index (κ3) is 6.11. The van der Waals surface area contributed by atoms with Crippen LogP contribution in [0, 0.1) is 6.92 Å². The number of pyridine rings is 1. The van der Waals surface area contributed by atoms with Gasteiger partial charge >= 0.3 is 0 Å². The van der Waals surface area contributed by atoms with Crippen molar-refractivity contribution in [3.63, 3.8) is 0 Å². The summed E-state index contributed by atoms with van der Waals surface area (Å²) in [6, 6.07) is 6.06. The van der Waals surface area contributed by atoms with Crippen LogP contribution in [0.25, 0.3) is 0 Å². The normalized spacial score (nSPS) is 16.1. The highest BCUT2D eigenvalue weighted by Gasteiger charge is 2.26. The number of hydrogen-bond donors (Lipinski definition) is 1. The number of carbonyl (C=O) groups is 1. The number of furan rings is 1. The maximum Gasteiger partial charge on any atom is 0.251 e. The summed E-state index contributed by atoms with van der Waals surface area (Å²) in [5.41, 5.74) is -0.449. The highest BCUT2D eigenvalue weighted by molar-refractivity contribution is 7.89. The smallest absolute Gasteiger partial charge is 0.251 e. The standard InChI is InChI=1S/C22H32N4O6S/c1-4-26(5-2)33(29,30)18-7-9-22(28)25(15-18)16-21(27)23-14-19(20-8-6-17(3)32-20)24-10-12-31-13-11-24/h6-9,15,19H,4-5,10-14,16H2,1-3H3,(H,23,27)/t19-/m0/s1. The maximum absolute atomic E-state index is 12.8. The van der Waals surface area contributed by atoms with E-state index in [4.69, 9.17) is 9.15 Å². The Morgan fingerprint density at radius 3 is 2.45 bits per heavy atom. The first kappa shape index (κ1) is 25.2. The number of rotatable bonds is 10. The van der Waals surface area contributed by atoms with Gasteiger partial charge in [0.05, 0.1) is 24.2 Å². The summed E-state index contributed by atoms with van der Waals surface area (Å²) in [6.07, 6.45) is 1.23. The fraction of sp³-hybridized carbons (Fsp3) is 0.545. The second kappa shape index (κ2) is 11.1. The monoisotopic (exact) mass is 480 g/mol. The van der Waals surface area contributed by atoms with E-state index in [2.05, 4.69) is 10.2 Å². The topological polar surface area (TPSA) is 114 Å². The van der Waals surface area contributed by atoms with Gasteiger partial charge in [0.2, 0.25) is 15.9 Å². The molecule has 1 aliphatic heterocycles.